The van der Waals surface area contributed by atoms with Crippen LogP contribution in [0.2, 0.25) is 5.02 Å². The van der Waals surface area contributed by atoms with Crippen molar-refractivity contribution in [2.75, 3.05) is 6.54 Å². The zero-order valence-corrected chi connectivity index (χ0v) is 15.2. The lowest BCUT2D eigenvalue weighted by Crippen LogP contribution is -2.22. The Balaban J connectivity index is 2.26. The van der Waals surface area contributed by atoms with E-state index in [1.807, 2.05) is 18.2 Å². The minimum atomic E-state index is 0.266. The van der Waals surface area contributed by atoms with Gasteiger partial charge in [-0.1, -0.05) is 36.7 Å². The fourth-order valence-corrected chi connectivity index (χ4v) is 5.20. The Kier molecular flexibility index (Phi) is 5.90. The smallest absolute Gasteiger partial charge is 0.0758 e. The molecule has 0 saturated carbocycles. The molecule has 1 nitrogen and oxygen atoms in total. The van der Waals surface area contributed by atoms with E-state index in [4.69, 9.17) is 11.6 Å². The Morgan fingerprint density at radius 3 is 2.63 bits per heavy atom. The highest BCUT2D eigenvalue weighted by Crippen LogP contribution is 2.37. The molecule has 2 rings (SSSR count). The van der Waals surface area contributed by atoms with Crippen LogP contribution in [-0.4, -0.2) is 6.54 Å². The third-order valence-electron chi connectivity index (χ3n) is 2.89. The Morgan fingerprint density at radius 2 is 2.05 bits per heavy atom. The zero-order chi connectivity index (χ0) is 13.8. The standard InChI is InChI=1S/C14H14Br2ClNS/c1-2-18-12(10-8-13(15)19-14(10)16)7-9-5-3-4-6-11(9)17/h3-6,8,12,18H,2,7H2,1H3. The maximum Gasteiger partial charge on any atom is 0.0758 e. The van der Waals surface area contributed by atoms with Crippen molar-refractivity contribution in [3.8, 4) is 0 Å². The number of thiophene rings is 1. The normalized spacial score (nSPS) is 12.6. The number of rotatable bonds is 5. The molecule has 0 fully saturated rings. The van der Waals surface area contributed by atoms with Gasteiger partial charge in [0.05, 0.1) is 7.57 Å². The molecule has 1 atom stereocenters. The monoisotopic (exact) mass is 421 g/mol. The summed E-state index contributed by atoms with van der Waals surface area (Å²) in [6.07, 6.45) is 0.884. The molecule has 1 unspecified atom stereocenters. The van der Waals surface area contributed by atoms with Crippen LogP contribution in [-0.2, 0) is 6.42 Å². The van der Waals surface area contributed by atoms with Crippen molar-refractivity contribution in [3.05, 3.63) is 54.1 Å². The third-order valence-corrected chi connectivity index (χ3v) is 5.65. The predicted molar refractivity (Wildman–Crippen MR) is 91.3 cm³/mol. The van der Waals surface area contributed by atoms with Crippen molar-refractivity contribution in [3.63, 3.8) is 0 Å². The van der Waals surface area contributed by atoms with Crippen molar-refractivity contribution in [1.29, 1.82) is 0 Å². The molecule has 19 heavy (non-hydrogen) atoms. The van der Waals surface area contributed by atoms with Gasteiger partial charge in [-0.2, -0.15) is 0 Å². The predicted octanol–water partition coefficient (Wildman–Crippen LogP) is 5.82. The summed E-state index contributed by atoms with van der Waals surface area (Å²) in [5.74, 6) is 0. The van der Waals surface area contributed by atoms with E-state index in [-0.39, 0.29) is 6.04 Å². The SMILES string of the molecule is CCNC(Cc1ccccc1Cl)c1cc(Br)sc1Br. The fraction of sp³-hybridized carbons (Fsp3) is 0.286. The van der Waals surface area contributed by atoms with Gasteiger partial charge in [0.25, 0.3) is 0 Å². The Bertz CT molecular complexity index is 556. The molecule has 0 spiro atoms. The van der Waals surface area contributed by atoms with Gasteiger partial charge in [-0.15, -0.1) is 11.3 Å². The lowest BCUT2D eigenvalue weighted by molar-refractivity contribution is 0.550. The summed E-state index contributed by atoms with van der Waals surface area (Å²) in [5, 5.41) is 4.36. The van der Waals surface area contributed by atoms with E-state index in [1.54, 1.807) is 11.3 Å². The molecule has 1 aromatic carbocycles. The summed E-state index contributed by atoms with van der Waals surface area (Å²) < 4.78 is 2.30. The molecule has 2 aromatic rings. The number of benzene rings is 1. The molecule has 5 heteroatoms. The second kappa shape index (κ2) is 7.23. The van der Waals surface area contributed by atoms with E-state index < -0.39 is 0 Å². The van der Waals surface area contributed by atoms with Crippen LogP contribution in [0.15, 0.2) is 37.9 Å². The van der Waals surface area contributed by atoms with Gasteiger partial charge >= 0.3 is 0 Å². The van der Waals surface area contributed by atoms with Gasteiger partial charge < -0.3 is 5.32 Å². The first-order valence-corrected chi connectivity index (χ1v) is 8.81. The van der Waals surface area contributed by atoms with E-state index >= 15 is 0 Å². The van der Waals surface area contributed by atoms with Gasteiger partial charge in [0.2, 0.25) is 0 Å². The van der Waals surface area contributed by atoms with E-state index in [0.29, 0.717) is 0 Å². The van der Waals surface area contributed by atoms with Crippen molar-refractivity contribution in [2.45, 2.75) is 19.4 Å². The van der Waals surface area contributed by atoms with E-state index in [0.717, 1.165) is 25.6 Å². The summed E-state index contributed by atoms with van der Waals surface area (Å²) >= 11 is 15.1. The van der Waals surface area contributed by atoms with Crippen LogP contribution in [0.3, 0.4) is 0 Å². The van der Waals surface area contributed by atoms with Crippen LogP contribution in [0.1, 0.15) is 24.1 Å². The molecule has 1 heterocycles. The van der Waals surface area contributed by atoms with Crippen molar-refractivity contribution < 1.29 is 0 Å². The molecule has 0 aliphatic heterocycles. The number of likely N-dealkylation sites (N-methyl/N-ethyl adjacent to an activating group) is 1. The van der Waals surface area contributed by atoms with Gasteiger partial charge in [0.15, 0.2) is 0 Å². The molecular formula is C14H14Br2ClNS. The first kappa shape index (κ1) is 15.5. The van der Waals surface area contributed by atoms with Gasteiger partial charge in [0.1, 0.15) is 0 Å². The molecule has 0 radical (unpaired) electrons. The average molecular weight is 424 g/mol. The Hall–Kier alpha value is 0.130. The van der Waals surface area contributed by atoms with Crippen molar-refractivity contribution in [2.24, 2.45) is 0 Å². The maximum atomic E-state index is 6.25. The van der Waals surface area contributed by atoms with Gasteiger partial charge in [0, 0.05) is 11.1 Å². The largest absolute Gasteiger partial charge is 0.310 e. The first-order chi connectivity index (χ1) is 9.11. The highest BCUT2D eigenvalue weighted by Gasteiger charge is 2.17. The minimum absolute atomic E-state index is 0.266. The van der Waals surface area contributed by atoms with E-state index in [1.165, 1.54) is 11.1 Å². The average Bonchev–Trinajstić information content (AvgIpc) is 2.70. The summed E-state index contributed by atoms with van der Waals surface area (Å²) in [5.41, 5.74) is 2.45. The molecule has 0 aliphatic carbocycles. The summed E-state index contributed by atoms with van der Waals surface area (Å²) in [6, 6.07) is 10.5. The summed E-state index contributed by atoms with van der Waals surface area (Å²) in [4.78, 5) is 0. The lowest BCUT2D eigenvalue weighted by atomic mass is 10.0. The maximum absolute atomic E-state index is 6.25. The minimum Gasteiger partial charge on any atom is -0.310 e. The van der Waals surface area contributed by atoms with Gasteiger partial charge in [-0.3, -0.25) is 0 Å². The number of hydrogen-bond acceptors (Lipinski definition) is 2. The van der Waals surface area contributed by atoms with Crippen molar-refractivity contribution in [1.82, 2.24) is 5.32 Å². The number of nitrogens with one attached hydrogen (secondary N) is 1. The molecule has 0 bridgehead atoms. The summed E-state index contributed by atoms with van der Waals surface area (Å²) in [7, 11) is 0. The van der Waals surface area contributed by atoms with Crippen molar-refractivity contribution >= 4 is 54.8 Å². The highest BCUT2D eigenvalue weighted by atomic mass is 79.9. The fourth-order valence-electron chi connectivity index (χ4n) is 2.01. The third kappa shape index (κ3) is 4.05. The van der Waals surface area contributed by atoms with Crippen LogP contribution < -0.4 is 5.32 Å². The second-order valence-corrected chi connectivity index (χ2v) is 8.34. The molecular weight excluding hydrogens is 409 g/mol. The topological polar surface area (TPSA) is 12.0 Å². The molecule has 1 N–H and O–H groups in total. The zero-order valence-electron chi connectivity index (χ0n) is 10.4. The second-order valence-electron chi connectivity index (χ2n) is 4.19. The quantitative estimate of drug-likeness (QED) is 0.639. The van der Waals surface area contributed by atoms with Crippen LogP contribution in [0.4, 0.5) is 0 Å². The molecule has 0 aliphatic rings. The van der Waals surface area contributed by atoms with Crippen LogP contribution in [0.5, 0.6) is 0 Å². The van der Waals surface area contributed by atoms with Crippen LogP contribution in [0.25, 0.3) is 0 Å². The molecule has 0 amide bonds. The van der Waals surface area contributed by atoms with Gasteiger partial charge in [-0.25, -0.2) is 0 Å². The van der Waals surface area contributed by atoms with Crippen LogP contribution >= 0.6 is 54.8 Å². The van der Waals surface area contributed by atoms with Crippen LogP contribution in [0, 0.1) is 0 Å². The summed E-state index contributed by atoms with van der Waals surface area (Å²) in [6.45, 7) is 3.05. The highest BCUT2D eigenvalue weighted by molar-refractivity contribution is 9.12. The molecule has 102 valence electrons. The number of hydrogen-bond donors (Lipinski definition) is 1. The Labute approximate surface area is 139 Å². The van der Waals surface area contributed by atoms with E-state index in [9.17, 15) is 0 Å². The molecule has 1 aromatic heterocycles. The first-order valence-electron chi connectivity index (χ1n) is 6.03. The number of halogens is 3. The Morgan fingerprint density at radius 1 is 1.32 bits per heavy atom. The molecule has 0 saturated heterocycles. The lowest BCUT2D eigenvalue weighted by Gasteiger charge is -2.18. The van der Waals surface area contributed by atoms with E-state index in [2.05, 4.69) is 56.2 Å². The van der Waals surface area contributed by atoms with Gasteiger partial charge in [-0.05, 0) is 68.1 Å².